The normalized spacial score (nSPS) is 19.3. The predicted octanol–water partition coefficient (Wildman–Crippen LogP) is 3.83. The molecule has 0 bridgehead atoms. The molecule has 4 rings (SSSR count). The molecule has 2 aromatic rings. The third-order valence-corrected chi connectivity index (χ3v) is 6.07. The molecule has 2 aliphatic heterocycles. The summed E-state index contributed by atoms with van der Waals surface area (Å²) in [5.74, 6) is -1.18. The summed E-state index contributed by atoms with van der Waals surface area (Å²) in [6.07, 6.45) is 3.90. The number of piperidine rings is 1. The van der Waals surface area contributed by atoms with Gasteiger partial charge >= 0.3 is 0 Å². The van der Waals surface area contributed by atoms with Gasteiger partial charge in [-0.05, 0) is 49.1 Å². The van der Waals surface area contributed by atoms with E-state index >= 15 is 0 Å². The topological polar surface area (TPSA) is 43.9 Å². The zero-order chi connectivity index (χ0) is 21.1. The molecule has 1 atom stereocenters. The van der Waals surface area contributed by atoms with Gasteiger partial charge in [-0.2, -0.15) is 0 Å². The van der Waals surface area contributed by atoms with Gasteiger partial charge in [0.15, 0.2) is 0 Å². The Labute approximate surface area is 177 Å². The second-order valence-corrected chi connectivity index (χ2v) is 8.27. The summed E-state index contributed by atoms with van der Waals surface area (Å²) >= 11 is 0. The monoisotopic (exact) mass is 409 g/mol. The Morgan fingerprint density at radius 3 is 2.47 bits per heavy atom. The van der Waals surface area contributed by atoms with Crippen LogP contribution in [-0.4, -0.2) is 43.4 Å². The summed E-state index contributed by atoms with van der Waals surface area (Å²) in [5.41, 5.74) is 2.53. The van der Waals surface area contributed by atoms with Crippen molar-refractivity contribution in [3.8, 4) is 0 Å². The summed E-state index contributed by atoms with van der Waals surface area (Å²) in [6.45, 7) is 2.91. The van der Waals surface area contributed by atoms with Gasteiger partial charge in [-0.1, -0.05) is 24.3 Å². The smallest absolute Gasteiger partial charge is 0.228 e. The first-order valence-corrected chi connectivity index (χ1v) is 10.7. The predicted molar refractivity (Wildman–Crippen MR) is 116 cm³/mol. The molecule has 0 spiro atoms. The molecule has 0 saturated carbocycles. The van der Waals surface area contributed by atoms with Gasteiger partial charge in [0, 0.05) is 45.3 Å². The van der Waals surface area contributed by atoms with Crippen molar-refractivity contribution >= 4 is 23.2 Å². The average Bonchev–Trinajstić information content (AvgIpc) is 3.16. The van der Waals surface area contributed by atoms with Gasteiger partial charge < -0.3 is 14.7 Å². The molecule has 30 heavy (non-hydrogen) atoms. The summed E-state index contributed by atoms with van der Waals surface area (Å²) < 4.78 is 14.1. The van der Waals surface area contributed by atoms with Gasteiger partial charge in [-0.15, -0.1) is 0 Å². The number of nitrogens with zero attached hydrogens (tertiary/aromatic N) is 3. The minimum Gasteiger partial charge on any atom is -0.372 e. The molecule has 0 aliphatic carbocycles. The number of para-hydroxylation sites is 1. The summed E-state index contributed by atoms with van der Waals surface area (Å²) in [7, 11) is 1.76. The molecule has 0 radical (unpaired) electrons. The van der Waals surface area contributed by atoms with Gasteiger partial charge in [-0.25, -0.2) is 4.39 Å². The van der Waals surface area contributed by atoms with Crippen LogP contribution in [-0.2, 0) is 16.1 Å². The molecule has 2 aromatic carbocycles. The van der Waals surface area contributed by atoms with Crippen LogP contribution in [0.3, 0.4) is 0 Å². The maximum atomic E-state index is 14.1. The van der Waals surface area contributed by atoms with E-state index in [1.54, 1.807) is 30.1 Å². The van der Waals surface area contributed by atoms with Crippen LogP contribution in [0.4, 0.5) is 15.8 Å². The van der Waals surface area contributed by atoms with Crippen LogP contribution in [0.2, 0.25) is 0 Å². The number of anilines is 2. The lowest BCUT2D eigenvalue weighted by Crippen LogP contribution is -2.34. The van der Waals surface area contributed by atoms with E-state index in [0.29, 0.717) is 6.54 Å². The maximum Gasteiger partial charge on any atom is 0.228 e. The fraction of sp³-hybridized carbons (Fsp3) is 0.417. The van der Waals surface area contributed by atoms with Gasteiger partial charge in [0.1, 0.15) is 5.82 Å². The summed E-state index contributed by atoms with van der Waals surface area (Å²) in [4.78, 5) is 30.8. The minimum absolute atomic E-state index is 0.0812. The largest absolute Gasteiger partial charge is 0.372 e. The molecule has 2 fully saturated rings. The van der Waals surface area contributed by atoms with Crippen LogP contribution in [0.25, 0.3) is 0 Å². The minimum atomic E-state index is -0.449. The highest BCUT2D eigenvalue weighted by Crippen LogP contribution is 2.28. The Bertz CT molecular complexity index is 909. The van der Waals surface area contributed by atoms with Crippen LogP contribution in [0, 0.1) is 11.7 Å². The molecular weight excluding hydrogens is 381 g/mol. The molecule has 0 aromatic heterocycles. The van der Waals surface area contributed by atoms with Crippen LogP contribution in [0.5, 0.6) is 0 Å². The third kappa shape index (κ3) is 4.32. The fourth-order valence-electron chi connectivity index (χ4n) is 4.40. The van der Waals surface area contributed by atoms with E-state index in [1.807, 2.05) is 0 Å². The molecule has 2 amide bonds. The van der Waals surface area contributed by atoms with Crippen molar-refractivity contribution in [2.45, 2.75) is 32.2 Å². The molecule has 0 N–H and O–H groups in total. The summed E-state index contributed by atoms with van der Waals surface area (Å²) in [6, 6.07) is 14.6. The van der Waals surface area contributed by atoms with E-state index in [2.05, 4.69) is 29.2 Å². The zero-order valence-corrected chi connectivity index (χ0v) is 17.4. The van der Waals surface area contributed by atoms with E-state index in [1.165, 1.54) is 35.9 Å². The Hall–Kier alpha value is -2.89. The van der Waals surface area contributed by atoms with Crippen LogP contribution in [0.1, 0.15) is 31.2 Å². The fourth-order valence-corrected chi connectivity index (χ4v) is 4.40. The molecule has 2 heterocycles. The Balaban J connectivity index is 1.37. The lowest BCUT2D eigenvalue weighted by molar-refractivity contribution is -0.135. The van der Waals surface area contributed by atoms with Crippen molar-refractivity contribution in [2.24, 2.45) is 5.92 Å². The number of carbonyl (C=O) groups excluding carboxylic acids is 2. The van der Waals surface area contributed by atoms with Gasteiger partial charge in [0.05, 0.1) is 11.6 Å². The van der Waals surface area contributed by atoms with Crippen molar-refractivity contribution in [1.82, 2.24) is 4.90 Å². The molecule has 2 aliphatic rings. The highest BCUT2D eigenvalue weighted by Gasteiger charge is 2.37. The first kappa shape index (κ1) is 20.4. The lowest BCUT2D eigenvalue weighted by Gasteiger charge is -2.29. The Morgan fingerprint density at radius 2 is 1.77 bits per heavy atom. The van der Waals surface area contributed by atoms with E-state index in [9.17, 15) is 14.0 Å². The highest BCUT2D eigenvalue weighted by atomic mass is 19.1. The first-order chi connectivity index (χ1) is 14.5. The molecular formula is C24H28FN3O2. The van der Waals surface area contributed by atoms with Crippen molar-refractivity contribution in [3.05, 3.63) is 59.9 Å². The molecule has 1 unspecified atom stereocenters. The quantitative estimate of drug-likeness (QED) is 0.754. The second kappa shape index (κ2) is 8.86. The van der Waals surface area contributed by atoms with Crippen LogP contribution in [0.15, 0.2) is 48.5 Å². The van der Waals surface area contributed by atoms with Crippen molar-refractivity contribution in [3.63, 3.8) is 0 Å². The zero-order valence-electron chi connectivity index (χ0n) is 17.4. The van der Waals surface area contributed by atoms with E-state index in [0.717, 1.165) is 18.7 Å². The number of amides is 2. The molecule has 2 saturated heterocycles. The molecule has 158 valence electrons. The second-order valence-electron chi connectivity index (χ2n) is 8.27. The van der Waals surface area contributed by atoms with Gasteiger partial charge in [0.2, 0.25) is 11.8 Å². The van der Waals surface area contributed by atoms with Crippen molar-refractivity contribution in [1.29, 1.82) is 0 Å². The Kier molecular flexibility index (Phi) is 6.02. The van der Waals surface area contributed by atoms with E-state index in [4.69, 9.17) is 0 Å². The van der Waals surface area contributed by atoms with Crippen molar-refractivity contribution in [2.75, 3.05) is 36.5 Å². The van der Waals surface area contributed by atoms with E-state index < -0.39 is 11.7 Å². The van der Waals surface area contributed by atoms with Crippen molar-refractivity contribution < 1.29 is 14.0 Å². The number of halogens is 1. The standard InChI is InChI=1S/C24H28FN3O2/c1-26(16-18-9-11-20(12-10-18)27-13-5-2-6-14-27)24(30)19-15-23(29)28(17-19)22-8-4-3-7-21(22)25/h3-4,7-12,19H,2,5-6,13-17H2,1H3. The highest BCUT2D eigenvalue weighted by molar-refractivity contribution is 6.00. The third-order valence-electron chi connectivity index (χ3n) is 6.07. The Morgan fingerprint density at radius 1 is 1.07 bits per heavy atom. The maximum absolute atomic E-state index is 14.1. The van der Waals surface area contributed by atoms with Gasteiger partial charge in [0.25, 0.3) is 0 Å². The number of carbonyl (C=O) groups is 2. The number of hydrogen-bond acceptors (Lipinski definition) is 3. The lowest BCUT2D eigenvalue weighted by atomic mass is 10.1. The SMILES string of the molecule is CN(Cc1ccc(N2CCCCC2)cc1)C(=O)C1CC(=O)N(c2ccccc2F)C1. The average molecular weight is 410 g/mol. The number of benzene rings is 2. The van der Waals surface area contributed by atoms with Crippen LogP contribution >= 0.6 is 0 Å². The van der Waals surface area contributed by atoms with Gasteiger partial charge in [-0.3, -0.25) is 9.59 Å². The number of hydrogen-bond donors (Lipinski definition) is 0. The first-order valence-electron chi connectivity index (χ1n) is 10.7. The van der Waals surface area contributed by atoms with E-state index in [-0.39, 0.29) is 30.5 Å². The van der Waals surface area contributed by atoms with Crippen LogP contribution < -0.4 is 9.80 Å². The number of rotatable bonds is 5. The summed E-state index contributed by atoms with van der Waals surface area (Å²) in [5, 5.41) is 0. The molecule has 6 heteroatoms. The molecule has 5 nitrogen and oxygen atoms in total.